The van der Waals surface area contributed by atoms with E-state index in [2.05, 4.69) is 21.2 Å². The minimum Gasteiger partial charge on any atom is -0.496 e. The van der Waals surface area contributed by atoms with Crippen molar-refractivity contribution in [3.63, 3.8) is 0 Å². The van der Waals surface area contributed by atoms with Crippen molar-refractivity contribution in [2.75, 3.05) is 12.4 Å². The first-order valence-corrected chi connectivity index (χ1v) is 10.4. The van der Waals surface area contributed by atoms with Gasteiger partial charge in [-0.3, -0.25) is 14.9 Å². The van der Waals surface area contributed by atoms with Gasteiger partial charge in [-0.15, -0.1) is 0 Å². The van der Waals surface area contributed by atoms with Gasteiger partial charge in [-0.25, -0.2) is 4.39 Å². The Labute approximate surface area is 197 Å². The second-order valence-electron chi connectivity index (χ2n) is 6.92. The molecule has 0 aromatic heterocycles. The number of anilines is 1. The maximum Gasteiger partial charge on any atom is 0.271 e. The van der Waals surface area contributed by atoms with Gasteiger partial charge in [0.25, 0.3) is 11.6 Å². The number of nitro groups is 1. The molecule has 33 heavy (non-hydrogen) atoms. The standard InChI is InChI=1S/C24H17BrFN3O4/c1-33-23-12-16(11-22(25)21(23)10-15-4-2-5-18(26)9-15)8-17(14-27)24(30)28-19-6-3-7-20(13-19)29(31)32/h2-9,11-13H,10H2,1H3,(H,28,30)/b17-8+. The number of nitriles is 1. The Morgan fingerprint density at radius 3 is 2.67 bits per heavy atom. The molecule has 0 bridgehead atoms. The van der Waals surface area contributed by atoms with Crippen molar-refractivity contribution in [3.05, 3.63) is 103 Å². The molecule has 3 rings (SSSR count). The Bertz CT molecular complexity index is 1300. The van der Waals surface area contributed by atoms with E-state index in [-0.39, 0.29) is 22.8 Å². The molecule has 3 aromatic rings. The van der Waals surface area contributed by atoms with E-state index in [1.807, 2.05) is 6.07 Å². The van der Waals surface area contributed by atoms with Gasteiger partial charge in [0, 0.05) is 34.3 Å². The summed E-state index contributed by atoms with van der Waals surface area (Å²) in [4.78, 5) is 22.9. The van der Waals surface area contributed by atoms with E-state index in [9.17, 15) is 24.6 Å². The first kappa shape index (κ1) is 23.6. The van der Waals surface area contributed by atoms with Crippen LogP contribution in [0, 0.1) is 27.3 Å². The first-order chi connectivity index (χ1) is 15.8. The van der Waals surface area contributed by atoms with E-state index in [0.717, 1.165) is 11.1 Å². The number of amides is 1. The lowest BCUT2D eigenvalue weighted by atomic mass is 10.0. The van der Waals surface area contributed by atoms with Crippen LogP contribution in [0.25, 0.3) is 6.08 Å². The van der Waals surface area contributed by atoms with Crippen LogP contribution in [0.4, 0.5) is 15.8 Å². The molecule has 0 unspecified atom stereocenters. The van der Waals surface area contributed by atoms with Crippen LogP contribution in [0.1, 0.15) is 16.7 Å². The van der Waals surface area contributed by atoms with Gasteiger partial charge in [-0.05, 0) is 47.5 Å². The van der Waals surface area contributed by atoms with Gasteiger partial charge in [0.2, 0.25) is 0 Å². The summed E-state index contributed by atoms with van der Waals surface area (Å²) in [5.41, 5.74) is 1.87. The van der Waals surface area contributed by atoms with Crippen LogP contribution in [0.5, 0.6) is 5.75 Å². The molecule has 0 aliphatic heterocycles. The van der Waals surface area contributed by atoms with Gasteiger partial charge in [-0.1, -0.05) is 34.1 Å². The third-order valence-electron chi connectivity index (χ3n) is 4.66. The van der Waals surface area contributed by atoms with Crippen molar-refractivity contribution in [1.82, 2.24) is 0 Å². The third kappa shape index (κ3) is 6.02. The van der Waals surface area contributed by atoms with Crippen LogP contribution in [-0.4, -0.2) is 17.9 Å². The molecule has 1 amide bonds. The van der Waals surface area contributed by atoms with Crippen molar-refractivity contribution >= 4 is 39.3 Å². The van der Waals surface area contributed by atoms with Crippen LogP contribution in [0.2, 0.25) is 0 Å². The van der Waals surface area contributed by atoms with Gasteiger partial charge in [-0.2, -0.15) is 5.26 Å². The Hall–Kier alpha value is -4.03. The van der Waals surface area contributed by atoms with E-state index >= 15 is 0 Å². The molecule has 0 saturated carbocycles. The summed E-state index contributed by atoms with van der Waals surface area (Å²) < 4.78 is 19.7. The number of halogens is 2. The first-order valence-electron chi connectivity index (χ1n) is 9.59. The highest BCUT2D eigenvalue weighted by atomic mass is 79.9. The Morgan fingerprint density at radius 1 is 1.24 bits per heavy atom. The molecule has 0 fully saturated rings. The zero-order valence-corrected chi connectivity index (χ0v) is 18.9. The van der Waals surface area contributed by atoms with E-state index in [1.165, 1.54) is 49.6 Å². The lowest BCUT2D eigenvalue weighted by Gasteiger charge is -2.13. The molecule has 166 valence electrons. The summed E-state index contributed by atoms with van der Waals surface area (Å²) in [5.74, 6) is -0.552. The highest BCUT2D eigenvalue weighted by Crippen LogP contribution is 2.32. The van der Waals surface area contributed by atoms with E-state index < -0.39 is 10.8 Å². The van der Waals surface area contributed by atoms with Gasteiger partial charge >= 0.3 is 0 Å². The maximum atomic E-state index is 13.5. The number of methoxy groups -OCH3 is 1. The predicted molar refractivity (Wildman–Crippen MR) is 125 cm³/mol. The molecule has 9 heteroatoms. The molecule has 0 spiro atoms. The molecule has 0 radical (unpaired) electrons. The number of nitro benzene ring substituents is 1. The molecule has 0 heterocycles. The topological polar surface area (TPSA) is 105 Å². The summed E-state index contributed by atoms with van der Waals surface area (Å²) in [6, 6.07) is 16.9. The van der Waals surface area contributed by atoms with Crippen LogP contribution in [0.3, 0.4) is 0 Å². The summed E-state index contributed by atoms with van der Waals surface area (Å²) in [5, 5.41) is 22.9. The van der Waals surface area contributed by atoms with Crippen molar-refractivity contribution in [2.45, 2.75) is 6.42 Å². The molecule has 0 saturated heterocycles. The van der Waals surface area contributed by atoms with Crippen LogP contribution >= 0.6 is 15.9 Å². The minimum atomic E-state index is -0.711. The van der Waals surface area contributed by atoms with Gasteiger partial charge in [0.15, 0.2) is 0 Å². The Balaban J connectivity index is 1.88. The number of nitrogens with one attached hydrogen (secondary N) is 1. The number of ether oxygens (including phenoxy) is 1. The number of hydrogen-bond acceptors (Lipinski definition) is 5. The number of rotatable bonds is 7. The molecule has 3 aromatic carbocycles. The fraction of sp³-hybridized carbons (Fsp3) is 0.0833. The fourth-order valence-corrected chi connectivity index (χ4v) is 3.73. The molecule has 1 N–H and O–H groups in total. The quantitative estimate of drug-likeness (QED) is 0.192. The summed E-state index contributed by atoms with van der Waals surface area (Å²) in [7, 11) is 1.49. The third-order valence-corrected chi connectivity index (χ3v) is 5.37. The number of benzene rings is 3. The number of nitrogens with zero attached hydrogens (tertiary/aromatic N) is 2. The lowest BCUT2D eigenvalue weighted by molar-refractivity contribution is -0.384. The largest absolute Gasteiger partial charge is 0.496 e. The van der Waals surface area contributed by atoms with E-state index in [1.54, 1.807) is 24.3 Å². The number of hydrogen-bond donors (Lipinski definition) is 1. The monoisotopic (exact) mass is 509 g/mol. The second-order valence-corrected chi connectivity index (χ2v) is 7.78. The lowest BCUT2D eigenvalue weighted by Crippen LogP contribution is -2.13. The van der Waals surface area contributed by atoms with Crippen LogP contribution in [-0.2, 0) is 11.2 Å². The normalized spacial score (nSPS) is 10.9. The van der Waals surface area contributed by atoms with Crippen LogP contribution < -0.4 is 10.1 Å². The van der Waals surface area contributed by atoms with E-state index in [0.29, 0.717) is 22.2 Å². The highest BCUT2D eigenvalue weighted by molar-refractivity contribution is 9.10. The molecular weight excluding hydrogens is 493 g/mol. The van der Waals surface area contributed by atoms with Crippen molar-refractivity contribution in [3.8, 4) is 11.8 Å². The second kappa shape index (κ2) is 10.5. The summed E-state index contributed by atoms with van der Waals surface area (Å²) in [6.45, 7) is 0. The van der Waals surface area contributed by atoms with Gasteiger partial charge in [0.1, 0.15) is 23.2 Å². The fourth-order valence-electron chi connectivity index (χ4n) is 3.13. The average Bonchev–Trinajstić information content (AvgIpc) is 2.79. The van der Waals surface area contributed by atoms with Crippen molar-refractivity contribution < 1.29 is 18.8 Å². The SMILES string of the molecule is COc1cc(/C=C(\C#N)C(=O)Nc2cccc([N+](=O)[O-])c2)cc(Br)c1Cc1cccc(F)c1. The zero-order chi connectivity index (χ0) is 24.0. The highest BCUT2D eigenvalue weighted by Gasteiger charge is 2.15. The smallest absolute Gasteiger partial charge is 0.271 e. The van der Waals surface area contributed by atoms with E-state index in [4.69, 9.17) is 4.74 Å². The van der Waals surface area contributed by atoms with Crippen molar-refractivity contribution in [1.29, 1.82) is 5.26 Å². The number of non-ortho nitro benzene ring substituents is 1. The predicted octanol–water partition coefficient (Wildman–Crippen LogP) is 5.64. The van der Waals surface area contributed by atoms with Crippen LogP contribution in [0.15, 0.2) is 70.7 Å². The molecule has 0 aliphatic rings. The van der Waals surface area contributed by atoms with Gasteiger partial charge in [0.05, 0.1) is 12.0 Å². The average molecular weight is 510 g/mol. The molecule has 7 nitrogen and oxygen atoms in total. The summed E-state index contributed by atoms with van der Waals surface area (Å²) in [6.07, 6.45) is 1.79. The molecule has 0 atom stereocenters. The van der Waals surface area contributed by atoms with Crippen molar-refractivity contribution in [2.24, 2.45) is 0 Å². The number of carbonyl (C=O) groups is 1. The minimum absolute atomic E-state index is 0.183. The zero-order valence-electron chi connectivity index (χ0n) is 17.3. The van der Waals surface area contributed by atoms with Gasteiger partial charge < -0.3 is 10.1 Å². The molecular formula is C24H17BrFN3O4. The molecule has 0 aliphatic carbocycles. The Kier molecular flexibility index (Phi) is 7.53. The Morgan fingerprint density at radius 2 is 2.00 bits per heavy atom. The maximum absolute atomic E-state index is 13.5. The summed E-state index contributed by atoms with van der Waals surface area (Å²) >= 11 is 3.49. The number of carbonyl (C=O) groups excluding carboxylic acids is 1.